The van der Waals surface area contributed by atoms with Crippen molar-refractivity contribution < 1.29 is 22.9 Å². The lowest BCUT2D eigenvalue weighted by atomic mass is 10.2. The molecule has 1 amide bonds. The quantitative estimate of drug-likeness (QED) is 0.610. The Kier molecular flexibility index (Phi) is 6.27. The maximum Gasteiger partial charge on any atom is 0.410 e. The van der Waals surface area contributed by atoms with Crippen molar-refractivity contribution in [2.24, 2.45) is 0 Å². The molecule has 0 aliphatic rings. The minimum absolute atomic E-state index is 0.0504. The fourth-order valence-corrected chi connectivity index (χ4v) is 2.88. The van der Waals surface area contributed by atoms with Gasteiger partial charge in [0.2, 0.25) is 10.0 Å². The van der Waals surface area contributed by atoms with Crippen LogP contribution in [0.5, 0.6) is 0 Å². The van der Waals surface area contributed by atoms with Gasteiger partial charge in [-0.1, -0.05) is 12.1 Å². The van der Waals surface area contributed by atoms with Crippen molar-refractivity contribution in [3.63, 3.8) is 0 Å². The molecule has 0 bridgehead atoms. The number of hydrogen-bond donors (Lipinski definition) is 1. The van der Waals surface area contributed by atoms with Crippen molar-refractivity contribution >= 4 is 21.8 Å². The van der Waals surface area contributed by atoms with Crippen molar-refractivity contribution in [2.75, 3.05) is 20.1 Å². The molecule has 134 valence electrons. The molecule has 9 nitrogen and oxygen atoms in total. The second-order valence-corrected chi connectivity index (χ2v) is 7.76. The fraction of sp³-hybridized carbons (Fsp3) is 0.500. The van der Waals surface area contributed by atoms with Crippen molar-refractivity contribution in [3.8, 4) is 0 Å². The van der Waals surface area contributed by atoms with E-state index in [-0.39, 0.29) is 13.1 Å². The van der Waals surface area contributed by atoms with E-state index in [9.17, 15) is 23.3 Å². The van der Waals surface area contributed by atoms with E-state index in [4.69, 9.17) is 4.74 Å². The third-order valence-electron chi connectivity index (χ3n) is 2.80. The van der Waals surface area contributed by atoms with E-state index < -0.39 is 37.2 Å². The topological polar surface area (TPSA) is 119 Å². The molecule has 1 N–H and O–H groups in total. The molecule has 24 heavy (non-hydrogen) atoms. The highest BCUT2D eigenvalue weighted by atomic mass is 32.2. The summed E-state index contributed by atoms with van der Waals surface area (Å²) in [6.45, 7) is 5.10. The molecule has 0 aromatic heterocycles. The summed E-state index contributed by atoms with van der Waals surface area (Å²) in [5, 5.41) is 10.9. The highest BCUT2D eigenvalue weighted by Gasteiger charge is 2.25. The zero-order chi connectivity index (χ0) is 18.5. The van der Waals surface area contributed by atoms with Gasteiger partial charge in [-0.05, 0) is 26.8 Å². The Morgan fingerprint density at radius 3 is 2.46 bits per heavy atom. The van der Waals surface area contributed by atoms with Crippen molar-refractivity contribution in [1.82, 2.24) is 9.62 Å². The average Bonchev–Trinajstić information content (AvgIpc) is 2.45. The number of hydrogen-bond acceptors (Lipinski definition) is 6. The molecule has 0 spiro atoms. The molecule has 0 heterocycles. The average molecular weight is 359 g/mol. The fourth-order valence-electron chi connectivity index (χ4n) is 1.69. The maximum absolute atomic E-state index is 12.2. The summed E-state index contributed by atoms with van der Waals surface area (Å²) in [4.78, 5) is 22.7. The lowest BCUT2D eigenvalue weighted by Crippen LogP contribution is -2.39. The largest absolute Gasteiger partial charge is 0.444 e. The number of nitrogens with zero attached hydrogens (tertiary/aromatic N) is 2. The number of amides is 1. The van der Waals surface area contributed by atoms with Crippen LogP contribution in [-0.2, 0) is 14.8 Å². The molecule has 1 rings (SSSR count). The molecule has 0 aliphatic heterocycles. The van der Waals surface area contributed by atoms with Crippen LogP contribution >= 0.6 is 0 Å². The number of ether oxygens (including phenoxy) is 1. The maximum atomic E-state index is 12.2. The first-order chi connectivity index (χ1) is 10.9. The van der Waals surface area contributed by atoms with Crippen LogP contribution in [0.4, 0.5) is 10.5 Å². The Hall–Kier alpha value is -2.20. The summed E-state index contributed by atoms with van der Waals surface area (Å²) in [7, 11) is -2.60. The highest BCUT2D eigenvalue weighted by Crippen LogP contribution is 2.22. The number of carbonyl (C=O) groups is 1. The molecular formula is C14H21N3O6S. The number of rotatable bonds is 6. The number of carbonyl (C=O) groups excluding carboxylic acids is 1. The second-order valence-electron chi connectivity index (χ2n) is 6.02. The van der Waals surface area contributed by atoms with Crippen LogP contribution in [0.15, 0.2) is 29.2 Å². The van der Waals surface area contributed by atoms with Gasteiger partial charge < -0.3 is 9.64 Å². The third kappa shape index (κ3) is 5.78. The summed E-state index contributed by atoms with van der Waals surface area (Å²) in [6.07, 6.45) is -0.590. The van der Waals surface area contributed by atoms with Crippen LogP contribution < -0.4 is 4.72 Å². The van der Waals surface area contributed by atoms with Gasteiger partial charge >= 0.3 is 6.09 Å². The van der Waals surface area contributed by atoms with Gasteiger partial charge in [0.15, 0.2) is 4.90 Å². The van der Waals surface area contributed by atoms with Gasteiger partial charge in [-0.3, -0.25) is 10.1 Å². The molecule has 0 aliphatic carbocycles. The van der Waals surface area contributed by atoms with E-state index in [0.29, 0.717) is 0 Å². The Morgan fingerprint density at radius 1 is 1.33 bits per heavy atom. The summed E-state index contributed by atoms with van der Waals surface area (Å²) in [5.74, 6) is 0. The lowest BCUT2D eigenvalue weighted by molar-refractivity contribution is -0.387. The number of nitro groups is 1. The number of sulfonamides is 1. The van der Waals surface area contributed by atoms with Crippen LogP contribution in [0, 0.1) is 10.1 Å². The zero-order valence-electron chi connectivity index (χ0n) is 14.0. The van der Waals surface area contributed by atoms with Crippen molar-refractivity contribution in [1.29, 1.82) is 0 Å². The molecule has 0 fully saturated rings. The molecule has 1 aromatic rings. The lowest BCUT2D eigenvalue weighted by Gasteiger charge is -2.24. The first-order valence-corrected chi connectivity index (χ1v) is 8.59. The molecular weight excluding hydrogens is 338 g/mol. The van der Waals surface area contributed by atoms with Gasteiger partial charge in [-0.15, -0.1) is 0 Å². The van der Waals surface area contributed by atoms with E-state index in [1.165, 1.54) is 24.1 Å². The van der Waals surface area contributed by atoms with E-state index in [1.54, 1.807) is 20.8 Å². The number of para-hydroxylation sites is 1. The van der Waals surface area contributed by atoms with Crippen LogP contribution in [0.2, 0.25) is 0 Å². The molecule has 0 saturated heterocycles. The van der Waals surface area contributed by atoms with Gasteiger partial charge in [0.25, 0.3) is 5.69 Å². The number of benzene rings is 1. The zero-order valence-corrected chi connectivity index (χ0v) is 14.8. The smallest absolute Gasteiger partial charge is 0.410 e. The molecule has 0 radical (unpaired) electrons. The summed E-state index contributed by atoms with van der Waals surface area (Å²) in [6, 6.07) is 5.04. The Bertz CT molecular complexity index is 711. The van der Waals surface area contributed by atoms with Gasteiger partial charge in [0.05, 0.1) is 4.92 Å². The van der Waals surface area contributed by atoms with Gasteiger partial charge in [-0.25, -0.2) is 17.9 Å². The van der Waals surface area contributed by atoms with E-state index in [0.717, 1.165) is 12.1 Å². The van der Waals surface area contributed by atoms with Gasteiger partial charge in [-0.2, -0.15) is 0 Å². The van der Waals surface area contributed by atoms with Crippen LogP contribution in [0.25, 0.3) is 0 Å². The SMILES string of the molecule is CN(CCNS(=O)(=O)c1ccccc1[N+](=O)[O-])C(=O)OC(C)(C)C. The molecule has 1 aromatic carbocycles. The van der Waals surface area contributed by atoms with Crippen LogP contribution in [0.1, 0.15) is 20.8 Å². The Labute approximate surface area is 140 Å². The standard InChI is InChI=1S/C14H21N3O6S/c1-14(2,3)23-13(18)16(4)10-9-15-24(21,22)12-8-6-5-7-11(12)17(19)20/h5-8,15H,9-10H2,1-4H3. The van der Waals surface area contributed by atoms with E-state index >= 15 is 0 Å². The highest BCUT2D eigenvalue weighted by molar-refractivity contribution is 7.89. The van der Waals surface area contributed by atoms with Crippen LogP contribution in [0.3, 0.4) is 0 Å². The van der Waals surface area contributed by atoms with Crippen molar-refractivity contribution in [3.05, 3.63) is 34.4 Å². The molecule has 0 atom stereocenters. The van der Waals surface area contributed by atoms with E-state index in [2.05, 4.69) is 4.72 Å². The Morgan fingerprint density at radius 2 is 1.92 bits per heavy atom. The number of nitrogens with one attached hydrogen (secondary N) is 1. The normalized spacial score (nSPS) is 11.8. The van der Waals surface area contributed by atoms with Gasteiger partial charge in [0.1, 0.15) is 5.60 Å². The van der Waals surface area contributed by atoms with Gasteiger partial charge in [0, 0.05) is 26.2 Å². The second kappa shape index (κ2) is 7.58. The first-order valence-electron chi connectivity index (χ1n) is 7.11. The molecule has 0 unspecified atom stereocenters. The molecule has 10 heteroatoms. The molecule has 0 saturated carbocycles. The summed E-state index contributed by atoms with van der Waals surface area (Å²) in [5.41, 5.74) is -1.17. The first kappa shape index (κ1) is 19.8. The minimum Gasteiger partial charge on any atom is -0.444 e. The Balaban J connectivity index is 2.71. The predicted molar refractivity (Wildman–Crippen MR) is 87.1 cm³/mol. The third-order valence-corrected chi connectivity index (χ3v) is 4.30. The van der Waals surface area contributed by atoms with E-state index in [1.807, 2.05) is 0 Å². The number of nitro benzene ring substituents is 1. The number of likely N-dealkylation sites (N-methyl/N-ethyl adjacent to an activating group) is 1. The monoisotopic (exact) mass is 359 g/mol. The summed E-state index contributed by atoms with van der Waals surface area (Å²) < 4.78 is 31.8. The van der Waals surface area contributed by atoms with Crippen LogP contribution in [-0.4, -0.2) is 50.1 Å². The van der Waals surface area contributed by atoms with Crippen molar-refractivity contribution in [2.45, 2.75) is 31.3 Å². The predicted octanol–water partition coefficient (Wildman–Crippen LogP) is 1.74. The minimum atomic E-state index is -4.06. The summed E-state index contributed by atoms with van der Waals surface area (Å²) >= 11 is 0.